The van der Waals surface area contributed by atoms with Crippen LogP contribution >= 0.6 is 0 Å². The molecule has 1 heterocycles. The molecule has 21 heavy (non-hydrogen) atoms. The second kappa shape index (κ2) is 5.16. The summed E-state index contributed by atoms with van der Waals surface area (Å²) in [6, 6.07) is 14.1. The summed E-state index contributed by atoms with van der Waals surface area (Å²) >= 11 is 0. The summed E-state index contributed by atoms with van der Waals surface area (Å²) in [6.45, 7) is 0.0983. The molecule has 3 aromatic rings. The zero-order valence-electron chi connectivity index (χ0n) is 11.1. The lowest BCUT2D eigenvalue weighted by atomic mass is 10.2. The number of aromatic amines is 1. The molecule has 0 aliphatic heterocycles. The van der Waals surface area contributed by atoms with E-state index in [0.29, 0.717) is 16.7 Å². The highest BCUT2D eigenvalue weighted by molar-refractivity contribution is 5.88. The van der Waals surface area contributed by atoms with E-state index >= 15 is 0 Å². The molecule has 0 saturated carbocycles. The highest BCUT2D eigenvalue weighted by Crippen LogP contribution is 2.14. The van der Waals surface area contributed by atoms with Gasteiger partial charge in [0, 0.05) is 5.69 Å². The fourth-order valence-electron chi connectivity index (χ4n) is 2.08. The van der Waals surface area contributed by atoms with Crippen molar-refractivity contribution in [3.8, 4) is 0 Å². The first-order valence-electron chi connectivity index (χ1n) is 6.36. The van der Waals surface area contributed by atoms with Crippen LogP contribution in [0.4, 0.5) is 10.5 Å². The first kappa shape index (κ1) is 13.0. The summed E-state index contributed by atoms with van der Waals surface area (Å²) in [6.07, 6.45) is -0.735. The quantitative estimate of drug-likeness (QED) is 0.705. The van der Waals surface area contributed by atoms with Gasteiger partial charge >= 0.3 is 11.8 Å². The van der Waals surface area contributed by atoms with Crippen molar-refractivity contribution in [2.75, 3.05) is 5.73 Å². The minimum absolute atomic E-state index is 0.0983. The van der Waals surface area contributed by atoms with Crippen LogP contribution in [-0.2, 0) is 11.3 Å². The molecule has 0 unspecified atom stereocenters. The van der Waals surface area contributed by atoms with Crippen LogP contribution in [0.15, 0.2) is 53.3 Å². The van der Waals surface area contributed by atoms with E-state index in [1.807, 2.05) is 30.3 Å². The van der Waals surface area contributed by atoms with Gasteiger partial charge in [0.1, 0.15) is 6.61 Å². The maximum Gasteiger partial charge on any atom is 0.423 e. The molecule has 0 spiro atoms. The number of carbonyl (C=O) groups excluding carboxylic acids is 1. The maximum absolute atomic E-state index is 12.1. The third-order valence-corrected chi connectivity index (χ3v) is 3.10. The molecule has 0 aliphatic carbocycles. The lowest BCUT2D eigenvalue weighted by Gasteiger charge is -2.05. The van der Waals surface area contributed by atoms with Crippen LogP contribution in [0, 0.1) is 0 Å². The van der Waals surface area contributed by atoms with E-state index in [1.165, 1.54) is 0 Å². The van der Waals surface area contributed by atoms with Gasteiger partial charge in [0.25, 0.3) is 0 Å². The van der Waals surface area contributed by atoms with Gasteiger partial charge in [-0.1, -0.05) is 30.3 Å². The highest BCUT2D eigenvalue weighted by atomic mass is 16.5. The van der Waals surface area contributed by atoms with E-state index < -0.39 is 11.8 Å². The number of nitrogens with two attached hydrogens (primary N) is 1. The van der Waals surface area contributed by atoms with Crippen LogP contribution in [0.3, 0.4) is 0 Å². The van der Waals surface area contributed by atoms with E-state index in [1.54, 1.807) is 18.2 Å². The first-order chi connectivity index (χ1) is 10.1. The van der Waals surface area contributed by atoms with Crippen molar-refractivity contribution >= 4 is 22.8 Å². The van der Waals surface area contributed by atoms with Crippen LogP contribution in [0.2, 0.25) is 0 Å². The smallest absolute Gasteiger partial charge is 0.423 e. The Hall–Kier alpha value is -3.02. The van der Waals surface area contributed by atoms with Crippen molar-refractivity contribution in [3.05, 3.63) is 64.6 Å². The van der Waals surface area contributed by atoms with Crippen LogP contribution in [0.25, 0.3) is 11.0 Å². The summed E-state index contributed by atoms with van der Waals surface area (Å²) in [5.41, 5.74) is 7.38. The second-order valence-electron chi connectivity index (χ2n) is 4.58. The number of nitrogen functional groups attached to an aromatic ring is 1. The third-order valence-electron chi connectivity index (χ3n) is 3.10. The maximum atomic E-state index is 12.1. The van der Waals surface area contributed by atoms with Gasteiger partial charge in [-0.15, -0.1) is 0 Å². The number of anilines is 1. The monoisotopic (exact) mass is 283 g/mol. The average Bonchev–Trinajstić information content (AvgIpc) is 2.81. The van der Waals surface area contributed by atoms with Gasteiger partial charge < -0.3 is 15.5 Å². The SMILES string of the molecule is Nc1ccc2[nH]c(=O)n(C(=O)OCc3ccccc3)c2c1. The summed E-state index contributed by atoms with van der Waals surface area (Å²) in [4.78, 5) is 26.6. The Balaban J connectivity index is 1.89. The van der Waals surface area contributed by atoms with Crippen molar-refractivity contribution in [2.24, 2.45) is 0 Å². The highest BCUT2D eigenvalue weighted by Gasteiger charge is 2.15. The predicted molar refractivity (Wildman–Crippen MR) is 79.0 cm³/mol. The molecular weight excluding hydrogens is 270 g/mol. The molecule has 3 N–H and O–H groups in total. The summed E-state index contributed by atoms with van der Waals surface area (Å²) in [5, 5.41) is 0. The largest absolute Gasteiger partial charge is 0.444 e. The van der Waals surface area contributed by atoms with E-state index in [9.17, 15) is 9.59 Å². The average molecular weight is 283 g/mol. The van der Waals surface area contributed by atoms with Crippen molar-refractivity contribution in [1.29, 1.82) is 0 Å². The minimum Gasteiger partial charge on any atom is -0.444 e. The molecule has 1 aromatic heterocycles. The fraction of sp³-hybridized carbons (Fsp3) is 0.0667. The Morgan fingerprint density at radius 3 is 2.71 bits per heavy atom. The van der Waals surface area contributed by atoms with E-state index in [-0.39, 0.29) is 6.61 Å². The number of carbonyl (C=O) groups is 1. The van der Waals surface area contributed by atoms with E-state index in [0.717, 1.165) is 10.1 Å². The second-order valence-corrected chi connectivity index (χ2v) is 4.58. The third kappa shape index (κ3) is 2.51. The van der Waals surface area contributed by atoms with E-state index in [2.05, 4.69) is 4.98 Å². The fourth-order valence-corrected chi connectivity index (χ4v) is 2.08. The summed E-state index contributed by atoms with van der Waals surface area (Å²) in [7, 11) is 0. The number of ether oxygens (including phenoxy) is 1. The lowest BCUT2D eigenvalue weighted by Crippen LogP contribution is -2.25. The molecule has 6 heteroatoms. The molecule has 0 atom stereocenters. The van der Waals surface area contributed by atoms with Gasteiger partial charge in [0.15, 0.2) is 0 Å². The van der Waals surface area contributed by atoms with Gasteiger partial charge in [0.2, 0.25) is 0 Å². The lowest BCUT2D eigenvalue weighted by molar-refractivity contribution is 0.141. The Labute approximate surface area is 119 Å². The molecule has 0 amide bonds. The molecular formula is C15H13N3O3. The van der Waals surface area contributed by atoms with Crippen LogP contribution < -0.4 is 11.4 Å². The standard InChI is InChI=1S/C15H13N3O3/c16-11-6-7-12-13(8-11)18(14(19)17-12)15(20)21-9-10-4-2-1-3-5-10/h1-8H,9,16H2,(H,17,19). The molecule has 0 saturated heterocycles. The van der Waals surface area contributed by atoms with E-state index in [4.69, 9.17) is 10.5 Å². The predicted octanol–water partition coefficient (Wildman–Crippen LogP) is 2.10. The van der Waals surface area contributed by atoms with Gasteiger partial charge in [-0.05, 0) is 23.8 Å². The van der Waals surface area contributed by atoms with Crippen LogP contribution in [0.1, 0.15) is 5.56 Å². The number of hydrogen-bond acceptors (Lipinski definition) is 4. The summed E-state index contributed by atoms with van der Waals surface area (Å²) < 4.78 is 6.10. The van der Waals surface area contributed by atoms with Crippen LogP contribution in [-0.4, -0.2) is 15.6 Å². The van der Waals surface area contributed by atoms with Crippen molar-refractivity contribution < 1.29 is 9.53 Å². The molecule has 0 aliphatic rings. The van der Waals surface area contributed by atoms with Crippen molar-refractivity contribution in [2.45, 2.75) is 6.61 Å². The Morgan fingerprint density at radius 2 is 1.95 bits per heavy atom. The number of aromatic nitrogens is 2. The Morgan fingerprint density at radius 1 is 1.19 bits per heavy atom. The van der Waals surface area contributed by atoms with Gasteiger partial charge in [-0.3, -0.25) is 0 Å². The van der Waals surface area contributed by atoms with Gasteiger partial charge in [-0.2, -0.15) is 4.57 Å². The normalized spacial score (nSPS) is 10.7. The number of fused-ring (bicyclic) bond motifs is 1. The van der Waals surface area contributed by atoms with Gasteiger partial charge in [-0.25, -0.2) is 9.59 Å². The van der Waals surface area contributed by atoms with Crippen LogP contribution in [0.5, 0.6) is 0 Å². The molecule has 0 radical (unpaired) electrons. The zero-order valence-corrected chi connectivity index (χ0v) is 11.1. The number of H-pyrrole nitrogens is 1. The molecule has 3 rings (SSSR count). The molecule has 106 valence electrons. The van der Waals surface area contributed by atoms with Crippen molar-refractivity contribution in [1.82, 2.24) is 9.55 Å². The number of rotatable bonds is 2. The van der Waals surface area contributed by atoms with Gasteiger partial charge in [0.05, 0.1) is 11.0 Å². The number of hydrogen-bond donors (Lipinski definition) is 2. The van der Waals surface area contributed by atoms with Crippen molar-refractivity contribution in [3.63, 3.8) is 0 Å². The number of nitrogens with one attached hydrogen (secondary N) is 1. The molecule has 2 aromatic carbocycles. The number of benzene rings is 2. The minimum atomic E-state index is -0.735. The zero-order chi connectivity index (χ0) is 14.8. The topological polar surface area (TPSA) is 90.1 Å². The molecule has 0 fully saturated rings. The number of nitrogens with zero attached hydrogens (tertiary/aromatic N) is 1. The summed E-state index contributed by atoms with van der Waals surface area (Å²) in [5.74, 6) is 0. The molecule has 6 nitrogen and oxygen atoms in total. The Kier molecular flexibility index (Phi) is 3.19. The molecule has 0 bridgehead atoms. The number of imidazole rings is 1. The Bertz CT molecular complexity index is 849. The first-order valence-corrected chi connectivity index (χ1v) is 6.36.